The normalized spacial score (nSPS) is 13.9. The Balaban J connectivity index is 1.58. The fraction of sp³-hybridized carbons (Fsp3) is 0.263. The number of nitrogens with zero attached hydrogens (tertiary/aromatic N) is 1. The summed E-state index contributed by atoms with van der Waals surface area (Å²) in [5.74, 6) is -0.238. The average Bonchev–Trinajstić information content (AvgIpc) is 2.68. The lowest BCUT2D eigenvalue weighted by atomic mass is 10.1. The van der Waals surface area contributed by atoms with Crippen molar-refractivity contribution in [2.45, 2.75) is 0 Å². The maximum absolute atomic E-state index is 12.3. The number of nitrogens with two attached hydrogens (primary N) is 1. The molecule has 4 N–H and O–H groups in total. The van der Waals surface area contributed by atoms with Crippen LogP contribution in [0.2, 0.25) is 0 Å². The molecule has 136 valence electrons. The summed E-state index contributed by atoms with van der Waals surface area (Å²) in [6, 6.07) is 14.2. The summed E-state index contributed by atoms with van der Waals surface area (Å²) in [6.07, 6.45) is 0. The number of benzene rings is 2. The topological polar surface area (TPSA) is 96.7 Å². The van der Waals surface area contributed by atoms with Gasteiger partial charge in [0.2, 0.25) is 5.91 Å². The number of para-hydroxylation sites is 1. The zero-order chi connectivity index (χ0) is 18.4. The third-order valence-electron chi connectivity index (χ3n) is 4.14. The molecule has 1 saturated heterocycles. The van der Waals surface area contributed by atoms with Gasteiger partial charge in [0, 0.05) is 24.3 Å². The Labute approximate surface area is 152 Å². The maximum atomic E-state index is 12.3. The highest BCUT2D eigenvalue weighted by molar-refractivity contribution is 6.05. The zero-order valence-electron chi connectivity index (χ0n) is 14.4. The third kappa shape index (κ3) is 4.52. The number of carbonyl (C=O) groups excluding carboxylic acids is 2. The molecule has 26 heavy (non-hydrogen) atoms. The number of hydrogen-bond acceptors (Lipinski definition) is 5. The second-order valence-electron chi connectivity index (χ2n) is 5.97. The standard InChI is InChI=1S/C19H22N4O3/c20-16-12-14(19(25)22-15-4-2-1-3-5-15)6-7-17(16)21-13-18(24)23-8-10-26-11-9-23/h1-7,12,21H,8-11,13,20H2,(H,22,25). The van der Waals surface area contributed by atoms with Crippen LogP contribution in [0.25, 0.3) is 0 Å². The molecule has 1 heterocycles. The Morgan fingerprint density at radius 3 is 2.50 bits per heavy atom. The minimum Gasteiger partial charge on any atom is -0.397 e. The molecule has 0 radical (unpaired) electrons. The smallest absolute Gasteiger partial charge is 0.255 e. The Morgan fingerprint density at radius 1 is 1.08 bits per heavy atom. The molecule has 0 atom stereocenters. The summed E-state index contributed by atoms with van der Waals surface area (Å²) in [5, 5.41) is 5.85. The van der Waals surface area contributed by atoms with E-state index in [1.807, 2.05) is 30.3 Å². The Morgan fingerprint density at radius 2 is 1.81 bits per heavy atom. The SMILES string of the molecule is Nc1cc(C(=O)Nc2ccccc2)ccc1NCC(=O)N1CCOCC1. The summed E-state index contributed by atoms with van der Waals surface area (Å²) in [7, 11) is 0. The van der Waals surface area contributed by atoms with E-state index < -0.39 is 0 Å². The van der Waals surface area contributed by atoms with Crippen molar-refractivity contribution < 1.29 is 14.3 Å². The van der Waals surface area contributed by atoms with Crippen molar-refractivity contribution in [2.24, 2.45) is 0 Å². The number of hydrogen-bond donors (Lipinski definition) is 3. The summed E-state index contributed by atoms with van der Waals surface area (Å²) >= 11 is 0. The van der Waals surface area contributed by atoms with E-state index in [2.05, 4.69) is 10.6 Å². The van der Waals surface area contributed by atoms with Crippen LogP contribution >= 0.6 is 0 Å². The van der Waals surface area contributed by atoms with E-state index in [1.54, 1.807) is 23.1 Å². The van der Waals surface area contributed by atoms with E-state index in [1.165, 1.54) is 0 Å². The number of morpholine rings is 1. The molecule has 0 spiro atoms. The number of nitrogen functional groups attached to an aromatic ring is 1. The van der Waals surface area contributed by atoms with Crippen LogP contribution in [-0.2, 0) is 9.53 Å². The molecule has 2 amide bonds. The number of amides is 2. The molecule has 7 heteroatoms. The van der Waals surface area contributed by atoms with E-state index >= 15 is 0 Å². The van der Waals surface area contributed by atoms with Gasteiger partial charge in [0.15, 0.2) is 0 Å². The molecule has 0 unspecified atom stereocenters. The van der Waals surface area contributed by atoms with Crippen LogP contribution in [0.3, 0.4) is 0 Å². The molecule has 0 aliphatic carbocycles. The molecule has 1 aliphatic rings. The quantitative estimate of drug-likeness (QED) is 0.712. The summed E-state index contributed by atoms with van der Waals surface area (Å²) < 4.78 is 5.24. The van der Waals surface area contributed by atoms with Crippen LogP contribution in [0.4, 0.5) is 17.1 Å². The van der Waals surface area contributed by atoms with E-state index in [9.17, 15) is 9.59 Å². The van der Waals surface area contributed by atoms with Crippen LogP contribution < -0.4 is 16.4 Å². The molecule has 7 nitrogen and oxygen atoms in total. The van der Waals surface area contributed by atoms with Gasteiger partial charge in [0.25, 0.3) is 5.91 Å². The fourth-order valence-electron chi connectivity index (χ4n) is 2.69. The van der Waals surface area contributed by atoms with Crippen LogP contribution in [-0.4, -0.2) is 49.6 Å². The lowest BCUT2D eigenvalue weighted by Gasteiger charge is -2.27. The lowest BCUT2D eigenvalue weighted by Crippen LogP contribution is -2.43. The Hall–Kier alpha value is -3.06. The molecule has 0 aromatic heterocycles. The molecule has 2 aromatic rings. The summed E-state index contributed by atoms with van der Waals surface area (Å²) in [6.45, 7) is 2.50. The molecular formula is C19H22N4O3. The first-order valence-electron chi connectivity index (χ1n) is 8.49. The number of ether oxygens (including phenoxy) is 1. The lowest BCUT2D eigenvalue weighted by molar-refractivity contribution is -0.133. The van der Waals surface area contributed by atoms with Crippen molar-refractivity contribution in [2.75, 3.05) is 49.2 Å². The summed E-state index contributed by atoms with van der Waals surface area (Å²) in [5.41, 5.74) is 8.25. The van der Waals surface area contributed by atoms with Crippen molar-refractivity contribution in [3.05, 3.63) is 54.1 Å². The van der Waals surface area contributed by atoms with Crippen LogP contribution in [0.15, 0.2) is 48.5 Å². The average molecular weight is 354 g/mol. The summed E-state index contributed by atoms with van der Waals surface area (Å²) in [4.78, 5) is 26.2. The van der Waals surface area contributed by atoms with Crippen molar-refractivity contribution in [3.63, 3.8) is 0 Å². The van der Waals surface area contributed by atoms with Gasteiger partial charge < -0.3 is 26.0 Å². The molecule has 0 saturated carbocycles. The van der Waals surface area contributed by atoms with Gasteiger partial charge >= 0.3 is 0 Å². The van der Waals surface area contributed by atoms with E-state index in [-0.39, 0.29) is 18.4 Å². The number of rotatable bonds is 5. The minimum atomic E-state index is -0.237. The third-order valence-corrected chi connectivity index (χ3v) is 4.14. The highest BCUT2D eigenvalue weighted by atomic mass is 16.5. The monoisotopic (exact) mass is 354 g/mol. The van der Waals surface area contributed by atoms with E-state index in [0.29, 0.717) is 43.2 Å². The zero-order valence-corrected chi connectivity index (χ0v) is 14.4. The van der Waals surface area contributed by atoms with Crippen molar-refractivity contribution in [1.82, 2.24) is 4.90 Å². The maximum Gasteiger partial charge on any atom is 0.255 e. The van der Waals surface area contributed by atoms with E-state index in [4.69, 9.17) is 10.5 Å². The molecule has 1 aliphatic heterocycles. The number of anilines is 3. The van der Waals surface area contributed by atoms with Crippen LogP contribution in [0.5, 0.6) is 0 Å². The first kappa shape index (κ1) is 17.8. The van der Waals surface area contributed by atoms with Gasteiger partial charge in [0.1, 0.15) is 0 Å². The fourth-order valence-corrected chi connectivity index (χ4v) is 2.69. The predicted octanol–water partition coefficient (Wildman–Crippen LogP) is 1.79. The Kier molecular flexibility index (Phi) is 5.70. The minimum absolute atomic E-state index is 0.00130. The van der Waals surface area contributed by atoms with Gasteiger partial charge in [-0.05, 0) is 30.3 Å². The van der Waals surface area contributed by atoms with Crippen molar-refractivity contribution in [1.29, 1.82) is 0 Å². The first-order valence-corrected chi connectivity index (χ1v) is 8.49. The molecular weight excluding hydrogens is 332 g/mol. The van der Waals surface area contributed by atoms with Gasteiger partial charge in [-0.25, -0.2) is 0 Å². The Bertz CT molecular complexity index is 774. The molecule has 1 fully saturated rings. The highest BCUT2D eigenvalue weighted by Gasteiger charge is 2.17. The van der Waals surface area contributed by atoms with Crippen LogP contribution in [0.1, 0.15) is 10.4 Å². The van der Waals surface area contributed by atoms with Gasteiger partial charge in [-0.3, -0.25) is 9.59 Å². The van der Waals surface area contributed by atoms with Gasteiger partial charge in [-0.15, -0.1) is 0 Å². The molecule has 2 aromatic carbocycles. The van der Waals surface area contributed by atoms with Gasteiger partial charge in [-0.1, -0.05) is 18.2 Å². The van der Waals surface area contributed by atoms with Gasteiger partial charge in [-0.2, -0.15) is 0 Å². The number of nitrogens with one attached hydrogen (secondary N) is 2. The second kappa shape index (κ2) is 8.35. The first-order chi connectivity index (χ1) is 12.6. The largest absolute Gasteiger partial charge is 0.397 e. The molecule has 0 bridgehead atoms. The van der Waals surface area contributed by atoms with Crippen molar-refractivity contribution >= 4 is 28.9 Å². The second-order valence-corrected chi connectivity index (χ2v) is 5.97. The number of carbonyl (C=O) groups is 2. The predicted molar refractivity (Wildman–Crippen MR) is 101 cm³/mol. The van der Waals surface area contributed by atoms with Crippen LogP contribution in [0, 0.1) is 0 Å². The van der Waals surface area contributed by atoms with Crippen molar-refractivity contribution in [3.8, 4) is 0 Å². The highest BCUT2D eigenvalue weighted by Crippen LogP contribution is 2.20. The van der Waals surface area contributed by atoms with E-state index in [0.717, 1.165) is 5.69 Å². The molecule has 3 rings (SSSR count). The van der Waals surface area contributed by atoms with Gasteiger partial charge in [0.05, 0.1) is 31.1 Å².